The number of hydrogen-bond acceptors (Lipinski definition) is 4. The van der Waals surface area contributed by atoms with Crippen molar-refractivity contribution in [2.45, 2.75) is 13.0 Å². The van der Waals surface area contributed by atoms with Gasteiger partial charge < -0.3 is 10.0 Å². The molecule has 0 aromatic carbocycles. The number of aromatic nitrogens is 1. The van der Waals surface area contributed by atoms with Gasteiger partial charge in [-0.1, -0.05) is 0 Å². The maximum Gasteiger partial charge on any atom is 0.332 e. The summed E-state index contributed by atoms with van der Waals surface area (Å²) >= 11 is 1.24. The van der Waals surface area contributed by atoms with Crippen molar-refractivity contribution in [3.63, 3.8) is 0 Å². The van der Waals surface area contributed by atoms with Crippen molar-refractivity contribution in [3.05, 3.63) is 16.1 Å². The first-order chi connectivity index (χ1) is 6.57. The van der Waals surface area contributed by atoms with Crippen LogP contribution in [-0.4, -0.2) is 34.4 Å². The average Bonchev–Trinajstić information content (AvgIpc) is 2.52. The molecule has 0 saturated heterocycles. The Balaban J connectivity index is 3.06. The molecule has 0 aliphatic rings. The maximum atomic E-state index is 10.9. The molecule has 1 heterocycles. The molecule has 0 spiro atoms. The topological polar surface area (TPSA) is 70.5 Å². The molecule has 76 valence electrons. The Bertz CT molecular complexity index is 350. The molecular formula is C8H10N2O3S. The summed E-state index contributed by atoms with van der Waals surface area (Å²) in [7, 11) is 1.44. The molecule has 0 saturated carbocycles. The lowest BCUT2D eigenvalue weighted by atomic mass is 10.2. The largest absolute Gasteiger partial charge is 0.479 e. The SMILES string of the molecule is Cc1ncsc1C(C(=O)O)N(C)C=O. The van der Waals surface area contributed by atoms with Gasteiger partial charge in [-0.25, -0.2) is 9.78 Å². The number of aryl methyl sites for hydroxylation is 1. The second-order valence-corrected chi connectivity index (χ2v) is 3.70. The zero-order valence-corrected chi connectivity index (χ0v) is 8.61. The Morgan fingerprint density at radius 2 is 2.43 bits per heavy atom. The molecule has 1 atom stereocenters. The molecule has 1 aromatic heterocycles. The molecule has 0 fully saturated rings. The van der Waals surface area contributed by atoms with Gasteiger partial charge in [0.15, 0.2) is 6.04 Å². The monoisotopic (exact) mass is 214 g/mol. The number of thiazole rings is 1. The van der Waals surface area contributed by atoms with Crippen LogP contribution in [0.15, 0.2) is 5.51 Å². The van der Waals surface area contributed by atoms with Crippen LogP contribution >= 0.6 is 11.3 Å². The van der Waals surface area contributed by atoms with Gasteiger partial charge in [-0.05, 0) is 6.92 Å². The molecule has 14 heavy (non-hydrogen) atoms. The summed E-state index contributed by atoms with van der Waals surface area (Å²) in [4.78, 5) is 27.1. The first-order valence-corrected chi connectivity index (χ1v) is 4.76. The molecular weight excluding hydrogens is 204 g/mol. The van der Waals surface area contributed by atoms with Crippen LogP contribution in [0.1, 0.15) is 16.6 Å². The highest BCUT2D eigenvalue weighted by Gasteiger charge is 2.27. The average molecular weight is 214 g/mol. The van der Waals surface area contributed by atoms with E-state index in [1.807, 2.05) is 0 Å². The van der Waals surface area contributed by atoms with Crippen molar-refractivity contribution in [1.82, 2.24) is 9.88 Å². The Morgan fingerprint density at radius 1 is 1.79 bits per heavy atom. The maximum absolute atomic E-state index is 10.9. The summed E-state index contributed by atoms with van der Waals surface area (Å²) in [5, 5.41) is 8.95. The highest BCUT2D eigenvalue weighted by atomic mass is 32.1. The normalized spacial score (nSPS) is 12.1. The standard InChI is InChI=1S/C8H10N2O3S/c1-5-7(14-3-9-5)6(8(12)13)10(2)4-11/h3-4,6H,1-2H3,(H,12,13). The molecule has 1 amide bonds. The molecule has 1 rings (SSSR count). The van der Waals surface area contributed by atoms with Crippen LogP contribution in [0.5, 0.6) is 0 Å². The smallest absolute Gasteiger partial charge is 0.332 e. The van der Waals surface area contributed by atoms with Crippen LogP contribution < -0.4 is 0 Å². The van der Waals surface area contributed by atoms with Crippen molar-refractivity contribution in [3.8, 4) is 0 Å². The van der Waals surface area contributed by atoms with Crippen molar-refractivity contribution >= 4 is 23.7 Å². The quantitative estimate of drug-likeness (QED) is 0.748. The van der Waals surface area contributed by atoms with Crippen LogP contribution in [0, 0.1) is 6.92 Å². The molecule has 1 N–H and O–H groups in total. The number of rotatable bonds is 4. The van der Waals surface area contributed by atoms with Gasteiger partial charge in [0.05, 0.1) is 16.1 Å². The van der Waals surface area contributed by atoms with Gasteiger partial charge in [0, 0.05) is 7.05 Å². The third kappa shape index (κ3) is 1.90. The molecule has 6 heteroatoms. The summed E-state index contributed by atoms with van der Waals surface area (Å²) < 4.78 is 0. The molecule has 1 aromatic rings. The number of nitrogens with zero attached hydrogens (tertiary/aromatic N) is 2. The van der Waals surface area contributed by atoms with E-state index in [4.69, 9.17) is 5.11 Å². The van der Waals surface area contributed by atoms with E-state index < -0.39 is 12.0 Å². The van der Waals surface area contributed by atoms with Crippen molar-refractivity contribution in [2.75, 3.05) is 7.05 Å². The second kappa shape index (κ2) is 4.19. The summed E-state index contributed by atoms with van der Waals surface area (Å²) in [6.07, 6.45) is 0.498. The fourth-order valence-electron chi connectivity index (χ4n) is 1.11. The van der Waals surface area contributed by atoms with Gasteiger partial charge in [0.1, 0.15) is 0 Å². The summed E-state index contributed by atoms with van der Waals surface area (Å²) in [5.74, 6) is -1.05. The van der Waals surface area contributed by atoms with E-state index in [1.54, 1.807) is 12.4 Å². The lowest BCUT2D eigenvalue weighted by molar-refractivity contribution is -0.145. The van der Waals surface area contributed by atoms with Crippen LogP contribution in [0.4, 0.5) is 0 Å². The Hall–Kier alpha value is -1.43. The zero-order valence-electron chi connectivity index (χ0n) is 7.80. The first-order valence-electron chi connectivity index (χ1n) is 3.88. The van der Waals surface area contributed by atoms with E-state index >= 15 is 0 Å². The Kier molecular flexibility index (Phi) is 3.19. The predicted molar refractivity (Wildman–Crippen MR) is 51.1 cm³/mol. The number of aliphatic carboxylic acids is 1. The highest BCUT2D eigenvalue weighted by molar-refractivity contribution is 7.10. The Labute approximate surface area is 85.0 Å². The molecule has 1 unspecified atom stereocenters. The minimum Gasteiger partial charge on any atom is -0.479 e. The fourth-order valence-corrected chi connectivity index (χ4v) is 2.05. The van der Waals surface area contributed by atoms with E-state index in [0.717, 1.165) is 4.90 Å². The number of likely N-dealkylation sites (N-methyl/N-ethyl adjacent to an activating group) is 1. The summed E-state index contributed by atoms with van der Waals surface area (Å²) in [6, 6.07) is -0.931. The molecule has 0 radical (unpaired) electrons. The highest BCUT2D eigenvalue weighted by Crippen LogP contribution is 2.25. The van der Waals surface area contributed by atoms with Crippen molar-refractivity contribution in [1.29, 1.82) is 0 Å². The predicted octanol–water partition coefficient (Wildman–Crippen LogP) is 0.665. The van der Waals surface area contributed by atoms with Gasteiger partial charge in [0.2, 0.25) is 6.41 Å². The number of carboxylic acids is 1. The minimum atomic E-state index is -1.05. The third-order valence-corrected chi connectivity index (χ3v) is 2.82. The number of carboxylic acid groups (broad SMARTS) is 1. The molecule has 0 aliphatic heterocycles. The van der Waals surface area contributed by atoms with Crippen LogP contribution in [-0.2, 0) is 9.59 Å². The van der Waals surface area contributed by atoms with Crippen LogP contribution in [0.3, 0.4) is 0 Å². The Morgan fingerprint density at radius 3 is 2.79 bits per heavy atom. The van der Waals surface area contributed by atoms with E-state index in [2.05, 4.69) is 4.98 Å². The van der Waals surface area contributed by atoms with Gasteiger partial charge in [-0.3, -0.25) is 4.79 Å². The second-order valence-electron chi connectivity index (χ2n) is 2.81. The number of carbonyl (C=O) groups excluding carboxylic acids is 1. The van der Waals surface area contributed by atoms with Gasteiger partial charge in [-0.2, -0.15) is 0 Å². The number of amides is 1. The lowest BCUT2D eigenvalue weighted by Crippen LogP contribution is -2.29. The third-order valence-electron chi connectivity index (χ3n) is 1.84. The van der Waals surface area contributed by atoms with E-state index in [0.29, 0.717) is 17.0 Å². The minimum absolute atomic E-state index is 0.498. The summed E-state index contributed by atoms with van der Waals surface area (Å²) in [6.45, 7) is 1.72. The van der Waals surface area contributed by atoms with Crippen molar-refractivity contribution < 1.29 is 14.7 Å². The van der Waals surface area contributed by atoms with Gasteiger partial charge in [0.25, 0.3) is 0 Å². The van der Waals surface area contributed by atoms with E-state index in [-0.39, 0.29) is 0 Å². The lowest BCUT2D eigenvalue weighted by Gasteiger charge is -2.19. The van der Waals surface area contributed by atoms with Gasteiger partial charge in [-0.15, -0.1) is 11.3 Å². The van der Waals surface area contributed by atoms with E-state index in [9.17, 15) is 9.59 Å². The molecule has 0 aliphatic carbocycles. The molecule has 0 bridgehead atoms. The fraction of sp³-hybridized carbons (Fsp3) is 0.375. The zero-order chi connectivity index (χ0) is 10.7. The van der Waals surface area contributed by atoms with Crippen LogP contribution in [0.25, 0.3) is 0 Å². The van der Waals surface area contributed by atoms with Crippen molar-refractivity contribution in [2.24, 2.45) is 0 Å². The van der Waals surface area contributed by atoms with Gasteiger partial charge >= 0.3 is 5.97 Å². The first kappa shape index (κ1) is 10.6. The van der Waals surface area contributed by atoms with Crippen LogP contribution in [0.2, 0.25) is 0 Å². The molecule has 5 nitrogen and oxygen atoms in total. The number of hydrogen-bond donors (Lipinski definition) is 1. The number of carbonyl (C=O) groups is 2. The summed E-state index contributed by atoms with van der Waals surface area (Å²) in [5.41, 5.74) is 2.22. The van der Waals surface area contributed by atoms with E-state index in [1.165, 1.54) is 18.4 Å².